The second-order valence-electron chi connectivity index (χ2n) is 11.9. The van der Waals surface area contributed by atoms with Crippen molar-refractivity contribution in [2.75, 3.05) is 14.2 Å². The van der Waals surface area contributed by atoms with Gasteiger partial charge in [-0.15, -0.1) is 0 Å². The Morgan fingerprint density at radius 2 is 1.94 bits per heavy atom. The van der Waals surface area contributed by atoms with Crippen LogP contribution in [0.25, 0.3) is 0 Å². The third-order valence-corrected chi connectivity index (χ3v) is 10.3. The Balaban J connectivity index is 1.78. The zero-order valence-corrected chi connectivity index (χ0v) is 20.4. The van der Waals surface area contributed by atoms with Crippen molar-refractivity contribution in [3.8, 4) is 11.5 Å². The third kappa shape index (κ3) is 2.39. The summed E-state index contributed by atoms with van der Waals surface area (Å²) in [4.78, 5) is 0. The maximum atomic E-state index is 12.0. The van der Waals surface area contributed by atoms with Crippen molar-refractivity contribution >= 4 is 0 Å². The molecule has 1 N–H and O–H groups in total. The molecule has 7 atom stereocenters. The predicted octanol–water partition coefficient (Wildman–Crippen LogP) is 5.28. The number of benzene rings is 1. The fourth-order valence-electron chi connectivity index (χ4n) is 8.32. The Labute approximate surface area is 187 Å². The Bertz CT molecular complexity index is 884. The normalized spacial score (nSPS) is 40.0. The first kappa shape index (κ1) is 21.6. The van der Waals surface area contributed by atoms with Crippen LogP contribution in [-0.2, 0) is 16.6 Å². The van der Waals surface area contributed by atoms with Crippen LogP contribution in [0.3, 0.4) is 0 Å². The summed E-state index contributed by atoms with van der Waals surface area (Å²) in [6, 6.07) is 4.36. The third-order valence-electron chi connectivity index (χ3n) is 10.3. The Kier molecular flexibility index (Phi) is 4.62. The molecular formula is C27H40O4. The maximum Gasteiger partial charge on any atom is 0.165 e. The van der Waals surface area contributed by atoms with E-state index in [4.69, 9.17) is 14.2 Å². The predicted molar refractivity (Wildman–Crippen MR) is 122 cm³/mol. The Morgan fingerprint density at radius 1 is 1.19 bits per heavy atom. The molecule has 1 aromatic rings. The minimum Gasteiger partial charge on any atom is -0.493 e. The van der Waals surface area contributed by atoms with Gasteiger partial charge in [-0.25, -0.2) is 0 Å². The zero-order chi connectivity index (χ0) is 22.4. The molecule has 1 unspecified atom stereocenters. The molecule has 2 fully saturated rings. The van der Waals surface area contributed by atoms with Gasteiger partial charge in [0, 0.05) is 24.0 Å². The molecule has 3 aliphatic carbocycles. The first-order valence-electron chi connectivity index (χ1n) is 12.2. The molecule has 0 aromatic heterocycles. The number of hydrogen-bond acceptors (Lipinski definition) is 4. The van der Waals surface area contributed by atoms with Gasteiger partial charge in [-0.1, -0.05) is 40.2 Å². The number of methoxy groups -OCH3 is 2. The van der Waals surface area contributed by atoms with Crippen molar-refractivity contribution in [1.29, 1.82) is 0 Å². The van der Waals surface area contributed by atoms with Gasteiger partial charge in [0.2, 0.25) is 0 Å². The summed E-state index contributed by atoms with van der Waals surface area (Å²) in [5.74, 6) is 2.42. The van der Waals surface area contributed by atoms with Gasteiger partial charge in [0.1, 0.15) is 12.2 Å². The lowest BCUT2D eigenvalue weighted by molar-refractivity contribution is -0.231. The molecule has 0 amide bonds. The average Bonchev–Trinajstić information content (AvgIpc) is 3.06. The molecule has 0 radical (unpaired) electrons. The van der Waals surface area contributed by atoms with E-state index < -0.39 is 5.60 Å². The highest BCUT2D eigenvalue weighted by Crippen LogP contribution is 2.74. The van der Waals surface area contributed by atoms with Gasteiger partial charge in [-0.2, -0.15) is 0 Å². The quantitative estimate of drug-likeness (QED) is 0.709. The van der Waals surface area contributed by atoms with Crippen LogP contribution in [0.4, 0.5) is 0 Å². The lowest BCUT2D eigenvalue weighted by atomic mass is 9.37. The number of aliphatic hydroxyl groups is 1. The molecule has 1 spiro atoms. The van der Waals surface area contributed by atoms with E-state index in [0.717, 1.165) is 37.2 Å². The fourth-order valence-corrected chi connectivity index (χ4v) is 8.32. The summed E-state index contributed by atoms with van der Waals surface area (Å²) < 4.78 is 19.0. The minimum absolute atomic E-state index is 0.0121. The molecule has 4 nitrogen and oxygen atoms in total. The van der Waals surface area contributed by atoms with E-state index in [1.165, 1.54) is 24.0 Å². The summed E-state index contributed by atoms with van der Waals surface area (Å²) in [5.41, 5.74) is 1.80. The molecule has 1 aliphatic heterocycles. The van der Waals surface area contributed by atoms with Crippen LogP contribution in [0.1, 0.15) is 77.8 Å². The van der Waals surface area contributed by atoms with E-state index in [-0.39, 0.29) is 34.4 Å². The lowest BCUT2D eigenvalue weighted by Crippen LogP contribution is -2.72. The average molecular weight is 429 g/mol. The fraction of sp³-hybridized carbons (Fsp3) is 0.778. The molecule has 5 rings (SSSR count). The number of rotatable bonds is 4. The van der Waals surface area contributed by atoms with E-state index in [9.17, 15) is 5.11 Å². The topological polar surface area (TPSA) is 47.9 Å². The van der Waals surface area contributed by atoms with E-state index in [1.807, 2.05) is 6.92 Å². The number of hydrogen-bond donors (Lipinski definition) is 1. The molecule has 1 heterocycles. The van der Waals surface area contributed by atoms with Crippen molar-refractivity contribution in [1.82, 2.24) is 0 Å². The maximum absolute atomic E-state index is 12.0. The SMILES string of the molecule is CC[C@]12C[C@H]([C@](C)(O)C(C)(C)C)C(OC)[C@@H]3Oc4c(OC)ccc5c4[C@@]31CCC[C@@H]2C5. The van der Waals surface area contributed by atoms with Crippen molar-refractivity contribution in [3.63, 3.8) is 0 Å². The van der Waals surface area contributed by atoms with Crippen LogP contribution in [-0.4, -0.2) is 37.1 Å². The zero-order valence-electron chi connectivity index (χ0n) is 20.4. The van der Waals surface area contributed by atoms with Gasteiger partial charge >= 0.3 is 0 Å². The van der Waals surface area contributed by atoms with E-state index in [1.54, 1.807) is 14.2 Å². The van der Waals surface area contributed by atoms with Crippen molar-refractivity contribution < 1.29 is 19.3 Å². The first-order valence-corrected chi connectivity index (χ1v) is 12.2. The molecule has 0 saturated heterocycles. The van der Waals surface area contributed by atoms with Crippen LogP contribution < -0.4 is 9.47 Å². The van der Waals surface area contributed by atoms with E-state index in [0.29, 0.717) is 5.92 Å². The largest absolute Gasteiger partial charge is 0.493 e. The minimum atomic E-state index is -0.867. The lowest BCUT2D eigenvalue weighted by Gasteiger charge is -2.67. The van der Waals surface area contributed by atoms with Crippen LogP contribution in [0.2, 0.25) is 0 Å². The molecule has 1 aromatic carbocycles. The highest BCUT2D eigenvalue weighted by molar-refractivity contribution is 5.62. The van der Waals surface area contributed by atoms with Crippen molar-refractivity contribution in [3.05, 3.63) is 23.3 Å². The molecule has 4 aliphatic rings. The smallest absolute Gasteiger partial charge is 0.165 e. The Hall–Kier alpha value is -1.26. The summed E-state index contributed by atoms with van der Waals surface area (Å²) in [6.07, 6.45) is 6.62. The van der Waals surface area contributed by atoms with Gasteiger partial charge in [0.15, 0.2) is 11.5 Å². The molecule has 4 heteroatoms. The molecular weight excluding hydrogens is 388 g/mol. The van der Waals surface area contributed by atoms with Crippen molar-refractivity contribution in [2.24, 2.45) is 22.7 Å². The highest BCUT2D eigenvalue weighted by atomic mass is 16.6. The van der Waals surface area contributed by atoms with E-state index >= 15 is 0 Å². The standard InChI is InChI=1S/C27H40O4/c1-8-26-15-18(25(5,28)24(2,3)4)21(30-7)23-27(26)13-9-10-17(26)14-16-11-12-19(29-6)22(31-23)20(16)27/h11-12,17-18,21,23,28H,8-10,13-15H2,1-7H3/t17-,18+,21?,23+,25+,26-,27+/m1/s1. The monoisotopic (exact) mass is 428 g/mol. The molecule has 2 saturated carbocycles. The summed E-state index contributed by atoms with van der Waals surface area (Å²) in [7, 11) is 3.54. The van der Waals surface area contributed by atoms with Crippen LogP contribution in [0, 0.1) is 22.7 Å². The van der Waals surface area contributed by atoms with Gasteiger partial charge in [0.05, 0.1) is 12.7 Å². The van der Waals surface area contributed by atoms with Crippen LogP contribution in [0.15, 0.2) is 12.1 Å². The summed E-state index contributed by atoms with van der Waals surface area (Å²) in [6.45, 7) is 10.8. The van der Waals surface area contributed by atoms with E-state index in [2.05, 4.69) is 39.8 Å². The molecule has 2 bridgehead atoms. The van der Waals surface area contributed by atoms with Crippen LogP contribution in [0.5, 0.6) is 11.5 Å². The second-order valence-corrected chi connectivity index (χ2v) is 11.9. The molecule has 31 heavy (non-hydrogen) atoms. The van der Waals surface area contributed by atoms with Crippen LogP contribution >= 0.6 is 0 Å². The van der Waals surface area contributed by atoms with Gasteiger partial charge < -0.3 is 19.3 Å². The number of ether oxygens (including phenoxy) is 3. The van der Waals surface area contributed by atoms with Crippen molar-refractivity contribution in [2.45, 2.75) is 96.4 Å². The second kappa shape index (κ2) is 6.63. The van der Waals surface area contributed by atoms with Gasteiger partial charge in [0.25, 0.3) is 0 Å². The molecule has 172 valence electrons. The van der Waals surface area contributed by atoms with Gasteiger partial charge in [-0.3, -0.25) is 0 Å². The first-order chi connectivity index (χ1) is 14.6. The summed E-state index contributed by atoms with van der Waals surface area (Å²) >= 11 is 0. The van der Waals surface area contributed by atoms with Gasteiger partial charge in [-0.05, 0) is 67.4 Å². The highest BCUT2D eigenvalue weighted by Gasteiger charge is 2.74. The summed E-state index contributed by atoms with van der Waals surface area (Å²) in [5, 5.41) is 12.0. The Morgan fingerprint density at radius 3 is 2.55 bits per heavy atom.